The predicted molar refractivity (Wildman–Crippen MR) is 94.5 cm³/mol. The highest BCUT2D eigenvalue weighted by atomic mass is 35.5. The van der Waals surface area contributed by atoms with Gasteiger partial charge in [-0.3, -0.25) is 9.59 Å². The lowest BCUT2D eigenvalue weighted by molar-refractivity contribution is -0.121. The molecular formula is C17H17ClN4O3. The molecule has 0 spiro atoms. The minimum absolute atomic E-state index is 0.153. The molecule has 0 fully saturated rings. The van der Waals surface area contributed by atoms with Gasteiger partial charge in [-0.1, -0.05) is 35.8 Å². The van der Waals surface area contributed by atoms with Crippen molar-refractivity contribution in [2.45, 2.75) is 26.8 Å². The maximum atomic E-state index is 12.6. The van der Waals surface area contributed by atoms with Crippen LogP contribution in [-0.4, -0.2) is 27.4 Å². The van der Waals surface area contributed by atoms with E-state index in [0.717, 1.165) is 16.7 Å². The second-order valence-corrected chi connectivity index (χ2v) is 6.07. The van der Waals surface area contributed by atoms with Gasteiger partial charge in [-0.2, -0.15) is 5.10 Å². The minimum atomic E-state index is -0.462. The molecule has 0 aliphatic heterocycles. The Bertz CT molecular complexity index is 976. The first-order valence-corrected chi connectivity index (χ1v) is 8.28. The molecule has 0 radical (unpaired) electrons. The third-order valence-corrected chi connectivity index (χ3v) is 3.99. The van der Waals surface area contributed by atoms with E-state index in [-0.39, 0.29) is 18.0 Å². The van der Waals surface area contributed by atoms with E-state index in [1.54, 1.807) is 31.2 Å². The highest BCUT2D eigenvalue weighted by molar-refractivity contribution is 6.30. The summed E-state index contributed by atoms with van der Waals surface area (Å²) in [6.45, 7) is 4.03. The van der Waals surface area contributed by atoms with Crippen molar-refractivity contribution >= 4 is 28.4 Å². The van der Waals surface area contributed by atoms with Crippen LogP contribution in [0, 0.1) is 6.92 Å². The summed E-state index contributed by atoms with van der Waals surface area (Å²) in [5, 5.41) is 12.1. The van der Waals surface area contributed by atoms with E-state index in [0.29, 0.717) is 28.4 Å². The van der Waals surface area contributed by atoms with E-state index >= 15 is 0 Å². The molecule has 2 aromatic heterocycles. The number of nitrogens with zero attached hydrogens (tertiary/aromatic N) is 3. The van der Waals surface area contributed by atoms with Crippen LogP contribution in [0.2, 0.25) is 5.02 Å². The lowest BCUT2D eigenvalue weighted by Crippen LogP contribution is -2.34. The Morgan fingerprint density at radius 3 is 2.72 bits per heavy atom. The molecule has 3 aromatic rings. The van der Waals surface area contributed by atoms with Crippen molar-refractivity contribution in [1.82, 2.24) is 20.3 Å². The normalized spacial score (nSPS) is 11.0. The maximum absolute atomic E-state index is 12.6. The van der Waals surface area contributed by atoms with Gasteiger partial charge in [-0.15, -0.1) is 0 Å². The van der Waals surface area contributed by atoms with Crippen molar-refractivity contribution in [3.8, 4) is 11.3 Å². The number of benzene rings is 1. The van der Waals surface area contributed by atoms with Crippen LogP contribution in [0.15, 0.2) is 33.6 Å². The second kappa shape index (κ2) is 7.06. The van der Waals surface area contributed by atoms with Crippen molar-refractivity contribution in [2.75, 3.05) is 6.54 Å². The number of amides is 1. The number of carbonyl (C=O) groups is 1. The standard InChI is InChI=1S/C17H17ClN4O3/c1-3-8-19-13(23)9-22-17(24)16-14(10(2)25-21-16)15(20-22)11-4-6-12(18)7-5-11/h4-7H,3,8-9H2,1-2H3,(H,19,23). The molecule has 7 nitrogen and oxygen atoms in total. The number of nitrogens with one attached hydrogen (secondary N) is 1. The summed E-state index contributed by atoms with van der Waals surface area (Å²) in [6.07, 6.45) is 0.811. The molecule has 0 aliphatic carbocycles. The monoisotopic (exact) mass is 360 g/mol. The van der Waals surface area contributed by atoms with E-state index in [9.17, 15) is 9.59 Å². The Labute approximate surface area is 148 Å². The minimum Gasteiger partial charge on any atom is -0.360 e. The van der Waals surface area contributed by atoms with Gasteiger partial charge in [0.1, 0.15) is 18.0 Å². The number of hydrogen-bond acceptors (Lipinski definition) is 5. The number of halogens is 1. The van der Waals surface area contributed by atoms with Gasteiger partial charge in [-0.25, -0.2) is 4.68 Å². The molecule has 130 valence electrons. The fourth-order valence-corrected chi connectivity index (χ4v) is 2.63. The van der Waals surface area contributed by atoms with Gasteiger partial charge in [0.25, 0.3) is 5.56 Å². The molecule has 0 unspecified atom stereocenters. The van der Waals surface area contributed by atoms with Gasteiger partial charge in [0.15, 0.2) is 5.52 Å². The lowest BCUT2D eigenvalue weighted by Gasteiger charge is -2.09. The summed E-state index contributed by atoms with van der Waals surface area (Å²) < 4.78 is 6.29. The van der Waals surface area contributed by atoms with E-state index in [4.69, 9.17) is 16.1 Å². The highest BCUT2D eigenvalue weighted by Gasteiger charge is 2.19. The molecule has 0 aliphatic rings. The third-order valence-electron chi connectivity index (χ3n) is 3.74. The topological polar surface area (TPSA) is 90.0 Å². The second-order valence-electron chi connectivity index (χ2n) is 5.63. The molecular weight excluding hydrogens is 344 g/mol. The Morgan fingerprint density at radius 2 is 2.04 bits per heavy atom. The van der Waals surface area contributed by atoms with Crippen LogP contribution in [0.25, 0.3) is 22.2 Å². The van der Waals surface area contributed by atoms with Gasteiger partial charge < -0.3 is 9.84 Å². The molecule has 1 N–H and O–H groups in total. The number of aryl methyl sites for hydroxylation is 1. The summed E-state index contributed by atoms with van der Waals surface area (Å²) in [5.41, 5.74) is 0.966. The quantitative estimate of drug-likeness (QED) is 0.755. The van der Waals surface area contributed by atoms with Gasteiger partial charge in [0.2, 0.25) is 5.91 Å². The first kappa shape index (κ1) is 17.2. The molecule has 0 saturated carbocycles. The zero-order valence-electron chi connectivity index (χ0n) is 13.9. The maximum Gasteiger partial charge on any atom is 0.297 e. The highest BCUT2D eigenvalue weighted by Crippen LogP contribution is 2.27. The van der Waals surface area contributed by atoms with Crippen LogP contribution >= 0.6 is 11.6 Å². The van der Waals surface area contributed by atoms with Crippen LogP contribution in [0.5, 0.6) is 0 Å². The lowest BCUT2D eigenvalue weighted by atomic mass is 10.1. The first-order valence-electron chi connectivity index (χ1n) is 7.91. The molecule has 25 heavy (non-hydrogen) atoms. The first-order chi connectivity index (χ1) is 12.0. The molecule has 2 heterocycles. The van der Waals surface area contributed by atoms with Crippen molar-refractivity contribution in [3.63, 3.8) is 0 Å². The molecule has 1 amide bonds. The molecule has 1 aromatic carbocycles. The average Bonchev–Trinajstić information content (AvgIpc) is 2.99. The van der Waals surface area contributed by atoms with Crippen molar-refractivity contribution in [1.29, 1.82) is 0 Å². The smallest absolute Gasteiger partial charge is 0.297 e. The fourth-order valence-electron chi connectivity index (χ4n) is 2.51. The van der Waals surface area contributed by atoms with E-state index in [2.05, 4.69) is 15.6 Å². The SMILES string of the molecule is CCCNC(=O)Cn1nc(-c2ccc(Cl)cc2)c2c(C)onc2c1=O. The number of rotatable bonds is 5. The van der Waals surface area contributed by atoms with Crippen LogP contribution in [-0.2, 0) is 11.3 Å². The fraction of sp³-hybridized carbons (Fsp3) is 0.294. The zero-order valence-corrected chi connectivity index (χ0v) is 14.6. The molecule has 0 atom stereocenters. The Morgan fingerprint density at radius 1 is 1.32 bits per heavy atom. The molecule has 0 bridgehead atoms. The Balaban J connectivity index is 2.13. The summed E-state index contributed by atoms with van der Waals surface area (Å²) in [6, 6.07) is 7.05. The molecule has 3 rings (SSSR count). The van der Waals surface area contributed by atoms with Gasteiger partial charge in [-0.05, 0) is 25.5 Å². The van der Waals surface area contributed by atoms with Crippen LogP contribution in [0.4, 0.5) is 0 Å². The van der Waals surface area contributed by atoms with Crippen molar-refractivity contribution in [2.24, 2.45) is 0 Å². The van der Waals surface area contributed by atoms with E-state index < -0.39 is 5.56 Å². The third kappa shape index (κ3) is 3.41. The number of aromatic nitrogens is 3. The van der Waals surface area contributed by atoms with Crippen LogP contribution < -0.4 is 10.9 Å². The van der Waals surface area contributed by atoms with Gasteiger partial charge in [0, 0.05) is 17.1 Å². The van der Waals surface area contributed by atoms with Crippen LogP contribution in [0.1, 0.15) is 19.1 Å². The molecule has 0 saturated heterocycles. The van der Waals surface area contributed by atoms with Gasteiger partial charge in [0.05, 0.1) is 5.39 Å². The van der Waals surface area contributed by atoms with Gasteiger partial charge >= 0.3 is 0 Å². The average molecular weight is 361 g/mol. The summed E-state index contributed by atoms with van der Waals surface area (Å²) >= 11 is 5.94. The molecule has 8 heteroatoms. The Kier molecular flexibility index (Phi) is 4.85. The summed E-state index contributed by atoms with van der Waals surface area (Å²) in [7, 11) is 0. The summed E-state index contributed by atoms with van der Waals surface area (Å²) in [4.78, 5) is 24.6. The van der Waals surface area contributed by atoms with Crippen LogP contribution in [0.3, 0.4) is 0 Å². The summed E-state index contributed by atoms with van der Waals surface area (Å²) in [5.74, 6) is 0.213. The largest absolute Gasteiger partial charge is 0.360 e. The van der Waals surface area contributed by atoms with Crippen molar-refractivity contribution in [3.05, 3.63) is 45.4 Å². The zero-order chi connectivity index (χ0) is 18.0. The number of hydrogen-bond donors (Lipinski definition) is 1. The van der Waals surface area contributed by atoms with Crippen molar-refractivity contribution < 1.29 is 9.32 Å². The number of fused-ring (bicyclic) bond motifs is 1. The predicted octanol–water partition coefficient (Wildman–Crippen LogP) is 2.54. The van der Waals surface area contributed by atoms with E-state index in [1.807, 2.05) is 6.92 Å². The Hall–Kier alpha value is -2.67. The number of carbonyl (C=O) groups excluding carboxylic acids is 1. The van der Waals surface area contributed by atoms with E-state index in [1.165, 1.54) is 0 Å².